The average Bonchev–Trinajstić information content (AvgIpc) is 3.35. The third kappa shape index (κ3) is 3.36. The molecule has 5 nitrogen and oxygen atoms in total. The summed E-state index contributed by atoms with van der Waals surface area (Å²) in [7, 11) is 0. The molecule has 0 spiro atoms. The number of anilines is 1. The summed E-state index contributed by atoms with van der Waals surface area (Å²) in [6.45, 7) is 0.378. The van der Waals surface area contributed by atoms with Gasteiger partial charge in [-0.25, -0.2) is 4.98 Å². The van der Waals surface area contributed by atoms with Gasteiger partial charge in [0.2, 0.25) is 0 Å². The molecule has 0 saturated carbocycles. The molecule has 0 bridgehead atoms. The Balaban J connectivity index is 1.75. The molecule has 4 rings (SSSR count). The molecule has 7 heteroatoms. The van der Waals surface area contributed by atoms with E-state index >= 15 is 0 Å². The first-order chi connectivity index (χ1) is 12.7. The molecule has 0 radical (unpaired) electrons. The number of hydrogen-bond donors (Lipinski definition) is 0. The molecule has 0 fully saturated rings. The fraction of sp³-hybridized carbons (Fsp3) is 0.105. The second-order valence-corrected chi connectivity index (χ2v) is 7.45. The first-order valence-electron chi connectivity index (χ1n) is 7.93. The van der Waals surface area contributed by atoms with Crippen molar-refractivity contribution in [1.82, 2.24) is 9.97 Å². The van der Waals surface area contributed by atoms with Crippen molar-refractivity contribution >= 4 is 44.4 Å². The van der Waals surface area contributed by atoms with Gasteiger partial charge < -0.3 is 4.42 Å². The van der Waals surface area contributed by atoms with Crippen LogP contribution in [0.2, 0.25) is 0 Å². The maximum atomic E-state index is 13.0. The number of thioether (sulfide) groups is 1. The van der Waals surface area contributed by atoms with Gasteiger partial charge in [-0.2, -0.15) is 0 Å². The van der Waals surface area contributed by atoms with Crippen LogP contribution in [0.15, 0.2) is 70.4 Å². The number of thiazole rings is 1. The van der Waals surface area contributed by atoms with Gasteiger partial charge in [0.1, 0.15) is 0 Å². The van der Waals surface area contributed by atoms with E-state index in [2.05, 4.69) is 16.0 Å². The smallest absolute Gasteiger partial charge is 0.296 e. The summed E-state index contributed by atoms with van der Waals surface area (Å²) in [6.07, 6.45) is 7.00. The van der Waals surface area contributed by atoms with Crippen LogP contribution in [0.25, 0.3) is 10.2 Å². The van der Waals surface area contributed by atoms with Gasteiger partial charge in [-0.3, -0.25) is 14.7 Å². The van der Waals surface area contributed by atoms with Crippen LogP contribution in [-0.4, -0.2) is 22.1 Å². The SMILES string of the molecule is CSc1ccc2nc(N(Cc3cccnc3)C(=O)c3ccco3)sc2c1. The third-order valence-electron chi connectivity index (χ3n) is 3.86. The van der Waals surface area contributed by atoms with Crippen molar-refractivity contribution in [2.75, 3.05) is 11.2 Å². The van der Waals surface area contributed by atoms with E-state index in [0.717, 1.165) is 15.8 Å². The van der Waals surface area contributed by atoms with Gasteiger partial charge in [0.15, 0.2) is 10.9 Å². The standard InChI is InChI=1S/C19H15N3O2S2/c1-25-14-6-7-15-17(10-14)26-19(21-15)22(12-13-4-2-8-20-11-13)18(23)16-5-3-9-24-16/h2-11H,12H2,1H3. The van der Waals surface area contributed by atoms with Crippen molar-refractivity contribution in [1.29, 1.82) is 0 Å². The van der Waals surface area contributed by atoms with Crippen molar-refractivity contribution in [2.45, 2.75) is 11.4 Å². The normalized spacial score (nSPS) is 11.0. The first-order valence-corrected chi connectivity index (χ1v) is 9.97. The van der Waals surface area contributed by atoms with Gasteiger partial charge in [0.25, 0.3) is 5.91 Å². The highest BCUT2D eigenvalue weighted by molar-refractivity contribution is 7.98. The molecule has 3 aromatic heterocycles. The molecular weight excluding hydrogens is 366 g/mol. The zero-order valence-corrected chi connectivity index (χ0v) is 15.6. The summed E-state index contributed by atoms with van der Waals surface area (Å²) < 4.78 is 6.36. The van der Waals surface area contributed by atoms with Crippen LogP contribution in [0.4, 0.5) is 5.13 Å². The molecule has 0 aliphatic carbocycles. The molecule has 0 aliphatic heterocycles. The topological polar surface area (TPSA) is 59.2 Å². The van der Waals surface area contributed by atoms with Crippen LogP contribution in [0.5, 0.6) is 0 Å². The summed E-state index contributed by atoms with van der Waals surface area (Å²) in [6, 6.07) is 13.3. The second-order valence-electron chi connectivity index (χ2n) is 5.56. The lowest BCUT2D eigenvalue weighted by Crippen LogP contribution is -2.30. The van der Waals surface area contributed by atoms with Crippen LogP contribution in [0.3, 0.4) is 0 Å². The molecule has 0 N–H and O–H groups in total. The number of aromatic nitrogens is 2. The molecule has 1 amide bonds. The highest BCUT2D eigenvalue weighted by Crippen LogP contribution is 2.33. The van der Waals surface area contributed by atoms with E-state index in [1.54, 1.807) is 41.2 Å². The Morgan fingerprint density at radius 2 is 2.19 bits per heavy atom. The lowest BCUT2D eigenvalue weighted by Gasteiger charge is -2.18. The Labute approximate surface area is 158 Å². The molecule has 130 valence electrons. The number of benzene rings is 1. The van der Waals surface area contributed by atoms with E-state index in [0.29, 0.717) is 11.7 Å². The van der Waals surface area contributed by atoms with Gasteiger partial charge in [-0.05, 0) is 48.2 Å². The second kappa shape index (κ2) is 7.31. The Hall–Kier alpha value is -2.64. The summed E-state index contributed by atoms with van der Waals surface area (Å²) in [5, 5.41) is 0.642. The van der Waals surface area contributed by atoms with E-state index in [1.165, 1.54) is 22.5 Å². The fourth-order valence-corrected chi connectivity index (χ4v) is 4.09. The van der Waals surface area contributed by atoms with Crippen LogP contribution in [0, 0.1) is 0 Å². The maximum Gasteiger partial charge on any atom is 0.296 e. The Kier molecular flexibility index (Phi) is 4.73. The van der Waals surface area contributed by atoms with Gasteiger partial charge >= 0.3 is 0 Å². The van der Waals surface area contributed by atoms with E-state index in [-0.39, 0.29) is 11.7 Å². The monoisotopic (exact) mass is 381 g/mol. The number of rotatable bonds is 5. The number of carbonyl (C=O) groups is 1. The maximum absolute atomic E-state index is 13.0. The van der Waals surface area contributed by atoms with Crippen molar-refractivity contribution in [2.24, 2.45) is 0 Å². The van der Waals surface area contributed by atoms with Crippen LogP contribution < -0.4 is 4.90 Å². The largest absolute Gasteiger partial charge is 0.459 e. The summed E-state index contributed by atoms with van der Waals surface area (Å²) in [4.78, 5) is 24.6. The van der Waals surface area contributed by atoms with E-state index in [4.69, 9.17) is 4.42 Å². The molecule has 26 heavy (non-hydrogen) atoms. The lowest BCUT2D eigenvalue weighted by molar-refractivity contribution is 0.0958. The predicted octanol–water partition coefficient (Wildman–Crippen LogP) is 4.85. The average molecular weight is 381 g/mol. The lowest BCUT2D eigenvalue weighted by atomic mass is 10.2. The molecule has 0 aliphatic rings. The van der Waals surface area contributed by atoms with Crippen molar-refractivity contribution in [3.63, 3.8) is 0 Å². The minimum Gasteiger partial charge on any atom is -0.459 e. The van der Waals surface area contributed by atoms with Gasteiger partial charge in [-0.1, -0.05) is 17.4 Å². The van der Waals surface area contributed by atoms with Gasteiger partial charge in [0.05, 0.1) is 23.0 Å². The quantitative estimate of drug-likeness (QED) is 0.462. The molecule has 0 unspecified atom stereocenters. The highest BCUT2D eigenvalue weighted by atomic mass is 32.2. The minimum atomic E-state index is -0.219. The van der Waals surface area contributed by atoms with Crippen LogP contribution >= 0.6 is 23.1 Å². The zero-order chi connectivity index (χ0) is 17.9. The first kappa shape index (κ1) is 16.8. The van der Waals surface area contributed by atoms with E-state index in [1.807, 2.05) is 30.5 Å². The number of hydrogen-bond acceptors (Lipinski definition) is 6. The fourth-order valence-electron chi connectivity index (χ4n) is 2.57. The summed E-state index contributed by atoms with van der Waals surface area (Å²) >= 11 is 3.18. The van der Waals surface area contributed by atoms with E-state index < -0.39 is 0 Å². The van der Waals surface area contributed by atoms with Gasteiger partial charge in [0, 0.05) is 17.3 Å². The molecular formula is C19H15N3O2S2. The predicted molar refractivity (Wildman–Crippen MR) is 105 cm³/mol. The van der Waals surface area contributed by atoms with Crippen molar-refractivity contribution in [3.8, 4) is 0 Å². The van der Waals surface area contributed by atoms with Crippen molar-refractivity contribution < 1.29 is 9.21 Å². The summed E-state index contributed by atoms with van der Waals surface area (Å²) in [5.74, 6) is 0.0703. The van der Waals surface area contributed by atoms with Crippen molar-refractivity contribution in [3.05, 3.63) is 72.4 Å². The van der Waals surface area contributed by atoms with Crippen LogP contribution in [-0.2, 0) is 6.54 Å². The molecule has 3 heterocycles. The molecule has 0 saturated heterocycles. The highest BCUT2D eigenvalue weighted by Gasteiger charge is 2.23. The number of furan rings is 1. The number of nitrogens with zero attached hydrogens (tertiary/aromatic N) is 3. The number of carbonyl (C=O) groups excluding carboxylic acids is 1. The number of amides is 1. The third-order valence-corrected chi connectivity index (χ3v) is 5.62. The molecule has 4 aromatic rings. The minimum absolute atomic E-state index is 0.219. The Morgan fingerprint density at radius 1 is 1.27 bits per heavy atom. The Morgan fingerprint density at radius 3 is 2.92 bits per heavy atom. The molecule has 0 atom stereocenters. The number of pyridine rings is 1. The number of fused-ring (bicyclic) bond motifs is 1. The van der Waals surface area contributed by atoms with Crippen LogP contribution in [0.1, 0.15) is 16.1 Å². The Bertz CT molecular complexity index is 1030. The summed E-state index contributed by atoms with van der Waals surface area (Å²) in [5.41, 5.74) is 1.81. The molecule has 1 aromatic carbocycles. The zero-order valence-electron chi connectivity index (χ0n) is 14.0. The van der Waals surface area contributed by atoms with Gasteiger partial charge in [-0.15, -0.1) is 11.8 Å². The van der Waals surface area contributed by atoms with E-state index in [9.17, 15) is 4.79 Å².